The number of benzene rings is 2. The third-order valence-electron chi connectivity index (χ3n) is 5.78. The predicted octanol–water partition coefficient (Wildman–Crippen LogP) is 3.91. The van der Waals surface area contributed by atoms with Crippen LogP contribution in [0.1, 0.15) is 40.8 Å². The molecule has 0 spiro atoms. The van der Waals surface area contributed by atoms with Crippen LogP contribution in [0.3, 0.4) is 0 Å². The maximum atomic E-state index is 13.0. The van der Waals surface area contributed by atoms with Crippen LogP contribution in [0.25, 0.3) is 22.1 Å². The molecule has 0 radical (unpaired) electrons. The van der Waals surface area contributed by atoms with Gasteiger partial charge in [0.2, 0.25) is 0 Å². The van der Waals surface area contributed by atoms with E-state index in [1.165, 1.54) is 0 Å². The van der Waals surface area contributed by atoms with Crippen LogP contribution in [-0.2, 0) is 11.2 Å². The van der Waals surface area contributed by atoms with Crippen LogP contribution < -0.4 is 0 Å². The number of aromatic nitrogens is 3. The number of nitrogens with zero attached hydrogens (tertiary/aromatic N) is 3. The van der Waals surface area contributed by atoms with E-state index in [2.05, 4.69) is 9.97 Å². The second-order valence-corrected chi connectivity index (χ2v) is 7.74. The highest BCUT2D eigenvalue weighted by molar-refractivity contribution is 5.97. The molecule has 3 heterocycles. The first-order valence-electron chi connectivity index (χ1n) is 10.3. The van der Waals surface area contributed by atoms with E-state index in [1.807, 2.05) is 41.3 Å². The molecule has 7 nitrogen and oxygen atoms in total. The minimum atomic E-state index is 0.0368. The van der Waals surface area contributed by atoms with Crippen LogP contribution in [0.4, 0.5) is 0 Å². The lowest BCUT2D eigenvalue weighted by Gasteiger charge is -2.31. The summed E-state index contributed by atoms with van der Waals surface area (Å²) in [6.45, 7) is 1.99. The number of para-hydroxylation sites is 2. The quantitative estimate of drug-likeness (QED) is 0.545. The molecule has 1 aliphatic rings. The van der Waals surface area contributed by atoms with Gasteiger partial charge in [-0.05, 0) is 43.2 Å². The van der Waals surface area contributed by atoms with Crippen LogP contribution in [0.5, 0.6) is 0 Å². The number of oxazole rings is 1. The molecule has 0 saturated carbocycles. The number of aromatic amines is 1. The van der Waals surface area contributed by atoms with E-state index in [1.54, 1.807) is 13.2 Å². The summed E-state index contributed by atoms with van der Waals surface area (Å²) >= 11 is 0. The Morgan fingerprint density at radius 3 is 2.80 bits per heavy atom. The first-order chi connectivity index (χ1) is 14.7. The third kappa shape index (κ3) is 3.57. The molecular weight excluding hydrogens is 380 g/mol. The lowest BCUT2D eigenvalue weighted by molar-refractivity contribution is 0.0711. The van der Waals surface area contributed by atoms with Crippen molar-refractivity contribution < 1.29 is 13.9 Å². The molecule has 1 amide bonds. The Balaban J connectivity index is 1.27. The minimum absolute atomic E-state index is 0.0368. The fraction of sp³-hybridized carbons (Fsp3) is 0.348. The zero-order chi connectivity index (χ0) is 20.5. The van der Waals surface area contributed by atoms with Gasteiger partial charge in [0, 0.05) is 38.1 Å². The Bertz CT molecular complexity index is 1150. The van der Waals surface area contributed by atoms with Crippen LogP contribution in [-0.4, -0.2) is 52.6 Å². The van der Waals surface area contributed by atoms with E-state index in [0.717, 1.165) is 35.2 Å². The van der Waals surface area contributed by atoms with Gasteiger partial charge in [0.25, 0.3) is 5.91 Å². The molecule has 1 N–H and O–H groups in total. The second kappa shape index (κ2) is 7.91. The molecule has 7 heteroatoms. The number of fused-ring (bicyclic) bond motifs is 2. The zero-order valence-electron chi connectivity index (χ0n) is 16.9. The van der Waals surface area contributed by atoms with Gasteiger partial charge in [-0.3, -0.25) is 4.79 Å². The van der Waals surface area contributed by atoms with E-state index in [0.29, 0.717) is 49.1 Å². The number of carbonyl (C=O) groups excluding carboxylic acids is 1. The average molecular weight is 404 g/mol. The van der Waals surface area contributed by atoms with Gasteiger partial charge in [-0.15, -0.1) is 0 Å². The van der Waals surface area contributed by atoms with Crippen LogP contribution in [0, 0.1) is 0 Å². The number of nitrogens with one attached hydrogen (secondary N) is 1. The summed E-state index contributed by atoms with van der Waals surface area (Å²) in [6.07, 6.45) is 2.42. The Kier molecular flexibility index (Phi) is 4.96. The topological polar surface area (TPSA) is 84.2 Å². The van der Waals surface area contributed by atoms with Crippen LogP contribution >= 0.6 is 0 Å². The van der Waals surface area contributed by atoms with Gasteiger partial charge in [-0.25, -0.2) is 9.97 Å². The van der Waals surface area contributed by atoms with E-state index >= 15 is 0 Å². The number of hydrogen-bond donors (Lipinski definition) is 1. The standard InChI is InChI=1S/C23H24N4O3/c1-29-13-10-21-24-19-7-6-16(14-20(19)30-21)23(28)27-11-8-15(9-12-27)22-25-17-4-2-3-5-18(17)26-22/h2-7,14-15H,8-13H2,1H3,(H,25,26). The Morgan fingerprint density at radius 2 is 2.00 bits per heavy atom. The molecule has 1 saturated heterocycles. The number of imidazole rings is 1. The van der Waals surface area contributed by atoms with Crippen LogP contribution in [0.2, 0.25) is 0 Å². The summed E-state index contributed by atoms with van der Waals surface area (Å²) < 4.78 is 10.9. The van der Waals surface area contributed by atoms with Crippen molar-refractivity contribution >= 4 is 28.0 Å². The summed E-state index contributed by atoms with van der Waals surface area (Å²) in [5, 5.41) is 0. The fourth-order valence-corrected chi connectivity index (χ4v) is 4.11. The number of amides is 1. The second-order valence-electron chi connectivity index (χ2n) is 7.74. The molecule has 30 heavy (non-hydrogen) atoms. The third-order valence-corrected chi connectivity index (χ3v) is 5.78. The van der Waals surface area contributed by atoms with Crippen molar-refractivity contribution in [2.75, 3.05) is 26.8 Å². The van der Waals surface area contributed by atoms with Gasteiger partial charge in [-0.2, -0.15) is 0 Å². The Labute approximate surface area is 174 Å². The number of rotatable bonds is 5. The molecule has 0 aliphatic carbocycles. The number of hydrogen-bond acceptors (Lipinski definition) is 5. The molecule has 2 aromatic heterocycles. The lowest BCUT2D eigenvalue weighted by Crippen LogP contribution is -2.38. The van der Waals surface area contributed by atoms with Gasteiger partial charge in [0.05, 0.1) is 17.6 Å². The van der Waals surface area contributed by atoms with E-state index in [-0.39, 0.29) is 5.91 Å². The SMILES string of the molecule is COCCc1nc2ccc(C(=O)N3CCC(c4nc5ccccc5[nH]4)CC3)cc2o1. The monoisotopic (exact) mass is 404 g/mol. The highest BCUT2D eigenvalue weighted by Crippen LogP contribution is 2.29. The van der Waals surface area contributed by atoms with Crippen molar-refractivity contribution in [2.45, 2.75) is 25.2 Å². The van der Waals surface area contributed by atoms with Gasteiger partial charge in [-0.1, -0.05) is 12.1 Å². The van der Waals surface area contributed by atoms with Crippen molar-refractivity contribution in [2.24, 2.45) is 0 Å². The fourth-order valence-electron chi connectivity index (χ4n) is 4.11. The van der Waals surface area contributed by atoms with E-state index in [9.17, 15) is 4.79 Å². The molecular formula is C23H24N4O3. The number of piperidine rings is 1. The first kappa shape index (κ1) is 18.8. The molecule has 5 rings (SSSR count). The van der Waals surface area contributed by atoms with Gasteiger partial charge >= 0.3 is 0 Å². The highest BCUT2D eigenvalue weighted by Gasteiger charge is 2.26. The van der Waals surface area contributed by atoms with Crippen molar-refractivity contribution in [3.63, 3.8) is 0 Å². The van der Waals surface area contributed by atoms with Gasteiger partial charge in [0.15, 0.2) is 11.5 Å². The number of H-pyrrole nitrogens is 1. The molecule has 1 fully saturated rings. The average Bonchev–Trinajstić information content (AvgIpc) is 3.40. The maximum Gasteiger partial charge on any atom is 0.253 e. The number of carbonyl (C=O) groups is 1. The smallest absolute Gasteiger partial charge is 0.253 e. The highest BCUT2D eigenvalue weighted by atomic mass is 16.5. The molecule has 1 aliphatic heterocycles. The molecule has 0 bridgehead atoms. The van der Waals surface area contributed by atoms with Gasteiger partial charge in [0.1, 0.15) is 11.3 Å². The van der Waals surface area contributed by atoms with E-state index < -0.39 is 0 Å². The maximum absolute atomic E-state index is 13.0. The molecule has 2 aromatic carbocycles. The van der Waals surface area contributed by atoms with Crippen LogP contribution in [0.15, 0.2) is 46.9 Å². The normalized spacial score (nSPS) is 15.3. The Morgan fingerprint density at radius 1 is 1.17 bits per heavy atom. The molecule has 0 atom stereocenters. The summed E-state index contributed by atoms with van der Waals surface area (Å²) in [5.41, 5.74) is 4.11. The van der Waals surface area contributed by atoms with Gasteiger partial charge < -0.3 is 19.0 Å². The predicted molar refractivity (Wildman–Crippen MR) is 114 cm³/mol. The Hall–Kier alpha value is -3.19. The number of likely N-dealkylation sites (tertiary alicyclic amines) is 1. The molecule has 4 aromatic rings. The summed E-state index contributed by atoms with van der Waals surface area (Å²) in [7, 11) is 1.65. The van der Waals surface area contributed by atoms with Crippen molar-refractivity contribution in [1.29, 1.82) is 0 Å². The first-order valence-corrected chi connectivity index (χ1v) is 10.3. The summed E-state index contributed by atoms with van der Waals surface area (Å²) in [6, 6.07) is 13.6. The summed E-state index contributed by atoms with van der Waals surface area (Å²) in [4.78, 5) is 27.6. The lowest BCUT2D eigenvalue weighted by atomic mass is 9.95. The molecule has 0 unspecified atom stereocenters. The molecule has 154 valence electrons. The summed E-state index contributed by atoms with van der Waals surface area (Å²) in [5.74, 6) is 2.04. The van der Waals surface area contributed by atoms with Crippen molar-refractivity contribution in [1.82, 2.24) is 19.9 Å². The van der Waals surface area contributed by atoms with Crippen molar-refractivity contribution in [3.8, 4) is 0 Å². The van der Waals surface area contributed by atoms with E-state index in [4.69, 9.17) is 14.1 Å². The number of methoxy groups -OCH3 is 1. The largest absolute Gasteiger partial charge is 0.441 e. The minimum Gasteiger partial charge on any atom is -0.441 e. The number of ether oxygens (including phenoxy) is 1. The van der Waals surface area contributed by atoms with Crippen molar-refractivity contribution in [3.05, 3.63) is 59.7 Å². The zero-order valence-corrected chi connectivity index (χ0v) is 16.9.